The molecule has 0 unspecified atom stereocenters. The lowest BCUT2D eigenvalue weighted by Gasteiger charge is -2.36. The summed E-state index contributed by atoms with van der Waals surface area (Å²) in [6, 6.07) is 9.00. The number of ether oxygens (including phenoxy) is 2. The van der Waals surface area contributed by atoms with Crippen molar-refractivity contribution < 1.29 is 9.47 Å². The third-order valence-electron chi connectivity index (χ3n) is 4.99. The number of aryl methyl sites for hydroxylation is 1. The molecule has 2 aliphatic heterocycles. The molecule has 0 bridgehead atoms. The lowest BCUT2D eigenvalue weighted by atomic mass is 9.98. The van der Waals surface area contributed by atoms with E-state index < -0.39 is 0 Å². The SMILES string of the molecule is c1cnn(CC[C@@H]2CCCCN2Cc2ccc3c(c2)OCCO3)c1. The molecule has 0 amide bonds. The van der Waals surface area contributed by atoms with Crippen LogP contribution in [-0.2, 0) is 13.1 Å². The minimum Gasteiger partial charge on any atom is -0.486 e. The Balaban J connectivity index is 1.41. The van der Waals surface area contributed by atoms with E-state index in [0.29, 0.717) is 19.3 Å². The fourth-order valence-corrected chi connectivity index (χ4v) is 3.73. The van der Waals surface area contributed by atoms with Crippen molar-refractivity contribution in [2.45, 2.75) is 44.8 Å². The summed E-state index contributed by atoms with van der Waals surface area (Å²) in [7, 11) is 0. The first kappa shape index (κ1) is 15.5. The molecule has 0 spiro atoms. The van der Waals surface area contributed by atoms with Gasteiger partial charge >= 0.3 is 0 Å². The molecule has 5 heteroatoms. The van der Waals surface area contributed by atoms with E-state index in [-0.39, 0.29) is 0 Å². The van der Waals surface area contributed by atoms with E-state index in [1.54, 1.807) is 0 Å². The van der Waals surface area contributed by atoms with E-state index in [0.717, 1.165) is 31.0 Å². The third-order valence-corrected chi connectivity index (χ3v) is 4.99. The van der Waals surface area contributed by atoms with E-state index in [2.05, 4.69) is 22.1 Å². The summed E-state index contributed by atoms with van der Waals surface area (Å²) in [4.78, 5) is 2.62. The maximum absolute atomic E-state index is 5.72. The van der Waals surface area contributed by atoms with Crippen molar-refractivity contribution in [3.8, 4) is 11.5 Å². The number of hydrogen-bond acceptors (Lipinski definition) is 4. The van der Waals surface area contributed by atoms with Crippen molar-refractivity contribution in [1.82, 2.24) is 14.7 Å². The Morgan fingerprint density at radius 1 is 1.12 bits per heavy atom. The molecule has 1 aromatic carbocycles. The lowest BCUT2D eigenvalue weighted by Crippen LogP contribution is -2.39. The second kappa shape index (κ2) is 7.26. The van der Waals surface area contributed by atoms with Gasteiger partial charge in [-0.2, -0.15) is 5.10 Å². The largest absolute Gasteiger partial charge is 0.486 e. The molecule has 2 aliphatic rings. The minimum absolute atomic E-state index is 0.635. The normalized spacial score (nSPS) is 20.9. The van der Waals surface area contributed by atoms with Gasteiger partial charge in [0.2, 0.25) is 0 Å². The van der Waals surface area contributed by atoms with Gasteiger partial charge in [-0.25, -0.2) is 0 Å². The van der Waals surface area contributed by atoms with Crippen LogP contribution in [0.4, 0.5) is 0 Å². The average molecular weight is 327 g/mol. The van der Waals surface area contributed by atoms with Gasteiger partial charge in [0, 0.05) is 31.5 Å². The highest BCUT2D eigenvalue weighted by molar-refractivity contribution is 5.43. The van der Waals surface area contributed by atoms with Gasteiger partial charge in [0.25, 0.3) is 0 Å². The van der Waals surface area contributed by atoms with Gasteiger partial charge in [0.05, 0.1) is 0 Å². The highest BCUT2D eigenvalue weighted by Gasteiger charge is 2.23. The lowest BCUT2D eigenvalue weighted by molar-refractivity contribution is 0.126. The second-order valence-electron chi connectivity index (χ2n) is 6.66. The number of fused-ring (bicyclic) bond motifs is 1. The van der Waals surface area contributed by atoms with Gasteiger partial charge in [-0.1, -0.05) is 12.5 Å². The van der Waals surface area contributed by atoms with Crippen molar-refractivity contribution in [3.05, 3.63) is 42.2 Å². The molecular weight excluding hydrogens is 302 g/mol. The zero-order valence-corrected chi connectivity index (χ0v) is 14.1. The molecule has 1 fully saturated rings. The number of nitrogens with zero attached hydrogens (tertiary/aromatic N) is 3. The fourth-order valence-electron chi connectivity index (χ4n) is 3.73. The molecule has 24 heavy (non-hydrogen) atoms. The van der Waals surface area contributed by atoms with E-state index in [9.17, 15) is 0 Å². The Morgan fingerprint density at radius 3 is 2.92 bits per heavy atom. The molecule has 0 N–H and O–H groups in total. The summed E-state index contributed by atoms with van der Waals surface area (Å²) >= 11 is 0. The third kappa shape index (κ3) is 3.56. The Morgan fingerprint density at radius 2 is 2.04 bits per heavy atom. The van der Waals surface area contributed by atoms with Crippen molar-refractivity contribution in [3.63, 3.8) is 0 Å². The monoisotopic (exact) mass is 327 g/mol. The number of benzene rings is 1. The van der Waals surface area contributed by atoms with Crippen LogP contribution in [0.25, 0.3) is 0 Å². The maximum atomic E-state index is 5.72. The molecule has 0 saturated carbocycles. The molecule has 5 nitrogen and oxygen atoms in total. The van der Waals surface area contributed by atoms with Crippen LogP contribution >= 0.6 is 0 Å². The molecule has 4 rings (SSSR count). The Hall–Kier alpha value is -2.01. The summed E-state index contributed by atoms with van der Waals surface area (Å²) < 4.78 is 13.4. The van der Waals surface area contributed by atoms with Crippen molar-refractivity contribution in [1.29, 1.82) is 0 Å². The Bertz CT molecular complexity index is 657. The van der Waals surface area contributed by atoms with E-state index >= 15 is 0 Å². The number of piperidine rings is 1. The van der Waals surface area contributed by atoms with E-state index in [1.165, 1.54) is 31.4 Å². The molecule has 1 aromatic heterocycles. The van der Waals surface area contributed by atoms with Crippen LogP contribution in [-0.4, -0.2) is 40.5 Å². The number of aromatic nitrogens is 2. The van der Waals surface area contributed by atoms with Crippen molar-refractivity contribution in [2.75, 3.05) is 19.8 Å². The molecule has 1 atom stereocenters. The second-order valence-corrected chi connectivity index (χ2v) is 6.66. The standard InChI is InChI=1S/C19H25N3O2/c1-2-9-21(17(4-1)7-11-22-10-3-8-20-22)15-16-5-6-18-19(14-16)24-13-12-23-18/h3,5-6,8,10,14,17H,1-2,4,7,9,11-13,15H2/t17-/m0/s1. The first-order valence-corrected chi connectivity index (χ1v) is 8.98. The summed E-state index contributed by atoms with van der Waals surface area (Å²) in [6.07, 6.45) is 8.98. The quantitative estimate of drug-likeness (QED) is 0.846. The fraction of sp³-hybridized carbons (Fsp3) is 0.526. The molecular formula is C19H25N3O2. The van der Waals surface area contributed by atoms with Gasteiger partial charge in [0.15, 0.2) is 11.5 Å². The summed E-state index contributed by atoms with van der Waals surface area (Å²) in [5.41, 5.74) is 1.31. The van der Waals surface area contributed by atoms with Crippen molar-refractivity contribution in [2.24, 2.45) is 0 Å². The molecule has 128 valence electrons. The Labute approximate surface area is 143 Å². The van der Waals surface area contributed by atoms with Crippen LogP contribution in [0.15, 0.2) is 36.7 Å². The minimum atomic E-state index is 0.635. The van der Waals surface area contributed by atoms with Gasteiger partial charge in [-0.15, -0.1) is 0 Å². The number of likely N-dealkylation sites (tertiary alicyclic amines) is 1. The van der Waals surface area contributed by atoms with Crippen LogP contribution in [0.5, 0.6) is 11.5 Å². The van der Waals surface area contributed by atoms with Gasteiger partial charge < -0.3 is 9.47 Å². The van der Waals surface area contributed by atoms with Gasteiger partial charge in [-0.05, 0) is 49.6 Å². The first-order chi connectivity index (χ1) is 11.9. The molecule has 0 radical (unpaired) electrons. The smallest absolute Gasteiger partial charge is 0.161 e. The van der Waals surface area contributed by atoms with Gasteiger partial charge in [0.1, 0.15) is 13.2 Å². The van der Waals surface area contributed by atoms with Crippen LogP contribution in [0, 0.1) is 0 Å². The van der Waals surface area contributed by atoms with Crippen LogP contribution in [0.2, 0.25) is 0 Å². The van der Waals surface area contributed by atoms with Crippen molar-refractivity contribution >= 4 is 0 Å². The van der Waals surface area contributed by atoms with Gasteiger partial charge in [-0.3, -0.25) is 9.58 Å². The summed E-state index contributed by atoms with van der Waals surface area (Å²) in [6.45, 7) is 4.45. The number of hydrogen-bond donors (Lipinski definition) is 0. The van der Waals surface area contributed by atoms with Crippen LogP contribution < -0.4 is 9.47 Å². The molecule has 3 heterocycles. The molecule has 2 aromatic rings. The first-order valence-electron chi connectivity index (χ1n) is 8.98. The predicted molar refractivity (Wildman–Crippen MR) is 92.3 cm³/mol. The van der Waals surface area contributed by atoms with E-state index in [4.69, 9.17) is 9.47 Å². The molecule has 1 saturated heterocycles. The zero-order chi connectivity index (χ0) is 16.2. The average Bonchev–Trinajstić information content (AvgIpc) is 3.14. The maximum Gasteiger partial charge on any atom is 0.161 e. The van der Waals surface area contributed by atoms with E-state index in [1.807, 2.05) is 29.2 Å². The summed E-state index contributed by atoms with van der Waals surface area (Å²) in [5, 5.41) is 4.33. The summed E-state index contributed by atoms with van der Waals surface area (Å²) in [5.74, 6) is 1.77. The molecule has 0 aliphatic carbocycles. The number of rotatable bonds is 5. The zero-order valence-electron chi connectivity index (χ0n) is 14.1. The highest BCUT2D eigenvalue weighted by Crippen LogP contribution is 2.32. The van der Waals surface area contributed by atoms with Crippen LogP contribution in [0.3, 0.4) is 0 Å². The predicted octanol–water partition coefficient (Wildman–Crippen LogP) is 3.10. The highest BCUT2D eigenvalue weighted by atomic mass is 16.6. The van der Waals surface area contributed by atoms with Crippen LogP contribution in [0.1, 0.15) is 31.2 Å². The Kier molecular flexibility index (Phi) is 4.69. The topological polar surface area (TPSA) is 39.5 Å².